The van der Waals surface area contributed by atoms with E-state index in [4.69, 9.17) is 0 Å². The Morgan fingerprint density at radius 3 is 0.704 bits per heavy atom. The summed E-state index contributed by atoms with van der Waals surface area (Å²) < 4.78 is 12.4. The maximum absolute atomic E-state index is 2.57. The highest BCUT2D eigenvalue weighted by atomic mass is 15.2. The molecule has 0 amide bonds. The fraction of sp³-hybridized carbons (Fsp3) is 0. The molecule has 0 atom stereocenters. The van der Waals surface area contributed by atoms with E-state index in [2.05, 4.69) is 372 Å². The lowest BCUT2D eigenvalue weighted by Crippen LogP contribution is -2.61. The average Bonchev–Trinajstić information content (AvgIpc) is 0.835. The van der Waals surface area contributed by atoms with Crippen LogP contribution in [-0.2, 0) is 0 Å². The van der Waals surface area contributed by atoms with Gasteiger partial charge in [0.25, 0.3) is 6.71 Å². The van der Waals surface area contributed by atoms with Gasteiger partial charge >= 0.3 is 0 Å². The molecule has 0 aliphatic carbocycles. The third-order valence-electron chi connectivity index (χ3n) is 21.4. The van der Waals surface area contributed by atoms with Crippen molar-refractivity contribution < 1.29 is 0 Å². The summed E-state index contributed by atoms with van der Waals surface area (Å²) in [5, 5.41) is 12.2. The summed E-state index contributed by atoms with van der Waals surface area (Å²) >= 11 is 0. The minimum Gasteiger partial charge on any atom is -0.311 e. The molecular weight excluding hydrogens is 1190 g/mol. The van der Waals surface area contributed by atoms with E-state index in [1.807, 2.05) is 0 Å². The monoisotopic (exact) mass is 1250 g/mol. The van der Waals surface area contributed by atoms with Crippen molar-refractivity contribution in [2.75, 3.05) is 9.80 Å². The van der Waals surface area contributed by atoms with Crippen molar-refractivity contribution in [3.05, 3.63) is 340 Å². The summed E-state index contributed by atoms with van der Waals surface area (Å²) in [7, 11) is 0. The summed E-state index contributed by atoms with van der Waals surface area (Å²) in [6, 6.07) is 127. The largest absolute Gasteiger partial charge is 0.311 e. The Labute approximate surface area is 563 Å². The number of para-hydroxylation sites is 10. The van der Waals surface area contributed by atoms with E-state index in [0.29, 0.717) is 0 Å². The fourth-order valence-corrected chi connectivity index (χ4v) is 17.4. The van der Waals surface area contributed by atoms with Crippen molar-refractivity contribution in [3.63, 3.8) is 0 Å². The van der Waals surface area contributed by atoms with Crippen LogP contribution in [0.3, 0.4) is 0 Å². The molecule has 15 aromatic carbocycles. The maximum Gasteiger partial charge on any atom is 0.252 e. The predicted octanol–water partition coefficient (Wildman–Crippen LogP) is 21.3. The molecule has 7 nitrogen and oxygen atoms in total. The molecule has 20 aromatic rings. The molecule has 0 fully saturated rings. The summed E-state index contributed by atoms with van der Waals surface area (Å²) in [6.45, 7) is -0.168. The first kappa shape index (κ1) is 53.3. The molecule has 5 aromatic heterocycles. The van der Waals surface area contributed by atoms with Crippen LogP contribution in [0, 0.1) is 0 Å². The lowest BCUT2D eigenvalue weighted by atomic mass is 9.33. The summed E-state index contributed by atoms with van der Waals surface area (Å²) in [6.07, 6.45) is 0. The third kappa shape index (κ3) is 7.37. The van der Waals surface area contributed by atoms with Crippen molar-refractivity contribution in [3.8, 4) is 28.4 Å². The number of nitrogens with zero attached hydrogens (tertiary/aromatic N) is 7. The number of aromatic nitrogens is 5. The molecule has 0 N–H and O–H groups in total. The molecule has 454 valence electrons. The van der Waals surface area contributed by atoms with E-state index in [9.17, 15) is 0 Å². The Morgan fingerprint density at radius 1 is 0.163 bits per heavy atom. The first-order valence-electron chi connectivity index (χ1n) is 33.9. The molecule has 22 rings (SSSR count). The van der Waals surface area contributed by atoms with Crippen LogP contribution in [0.25, 0.3) is 137 Å². The highest BCUT2D eigenvalue weighted by Crippen LogP contribution is 2.49. The van der Waals surface area contributed by atoms with Gasteiger partial charge < -0.3 is 32.6 Å². The van der Waals surface area contributed by atoms with E-state index in [1.54, 1.807) is 0 Å². The first-order valence-corrected chi connectivity index (χ1v) is 33.9. The fourth-order valence-electron chi connectivity index (χ4n) is 17.4. The van der Waals surface area contributed by atoms with Crippen LogP contribution in [0.4, 0.5) is 34.1 Å². The quantitative estimate of drug-likeness (QED) is 0.149. The van der Waals surface area contributed by atoms with Crippen molar-refractivity contribution in [2.24, 2.45) is 0 Å². The molecule has 0 saturated carbocycles. The van der Waals surface area contributed by atoms with Crippen molar-refractivity contribution >= 4 is 166 Å². The van der Waals surface area contributed by atoms with Crippen LogP contribution in [0.2, 0.25) is 0 Å². The average molecular weight is 1250 g/mol. The van der Waals surface area contributed by atoms with Crippen LogP contribution in [0.15, 0.2) is 340 Å². The van der Waals surface area contributed by atoms with Crippen LogP contribution in [0.5, 0.6) is 0 Å². The van der Waals surface area contributed by atoms with Gasteiger partial charge in [-0.15, -0.1) is 0 Å². The Morgan fingerprint density at radius 2 is 0.398 bits per heavy atom. The molecule has 0 spiro atoms. The van der Waals surface area contributed by atoms with E-state index in [-0.39, 0.29) is 6.71 Å². The van der Waals surface area contributed by atoms with Crippen molar-refractivity contribution in [2.45, 2.75) is 0 Å². The van der Waals surface area contributed by atoms with Gasteiger partial charge in [-0.2, -0.15) is 0 Å². The molecular formula is C90H56BN7. The second-order valence-electron chi connectivity index (χ2n) is 26.4. The lowest BCUT2D eigenvalue weighted by Gasteiger charge is -2.44. The number of benzene rings is 15. The minimum atomic E-state index is -0.168. The van der Waals surface area contributed by atoms with Gasteiger partial charge in [-0.1, -0.05) is 194 Å². The lowest BCUT2D eigenvalue weighted by molar-refractivity contribution is 1.14. The highest BCUT2D eigenvalue weighted by molar-refractivity contribution is 7.00. The topological polar surface area (TPSA) is 31.1 Å². The number of anilines is 6. The Hall–Kier alpha value is -13.0. The summed E-state index contributed by atoms with van der Waals surface area (Å²) in [5.41, 5.74) is 27.6. The van der Waals surface area contributed by atoms with Crippen molar-refractivity contribution in [1.29, 1.82) is 0 Å². The molecule has 8 heteroatoms. The molecule has 0 saturated heterocycles. The van der Waals surface area contributed by atoms with Crippen LogP contribution >= 0.6 is 0 Å². The van der Waals surface area contributed by atoms with Gasteiger partial charge in [-0.3, -0.25) is 0 Å². The molecule has 2 aliphatic rings. The standard InChI is InChI=1S/C90H56BN7/c1-3-23-57(24-4-1)92-86-53-61(96-80-39-19-11-31-68(80)69-32-12-20-40-81(69)96)43-47-74(86)91-75-48-44-62(54-87(75)93(58-25-5-2-6-26-58)89-56-63(55-88(92)90(89)91)98-82-41-21-13-33-70(82)71-34-14-22-42-83(71)98)97-84-49-45-59(94-76-35-15-7-27-64(76)65-28-8-16-36-77(65)94)51-72(84)73-52-60(46-50-85(73)97)95-78-37-17-9-29-66(78)67-30-10-18-38-79(67)95/h1-56H. The minimum absolute atomic E-state index is 0.168. The van der Waals surface area contributed by atoms with Crippen LogP contribution in [0.1, 0.15) is 0 Å². The number of hydrogen-bond acceptors (Lipinski definition) is 2. The second-order valence-corrected chi connectivity index (χ2v) is 26.4. The van der Waals surface area contributed by atoms with Gasteiger partial charge in [0.05, 0.1) is 60.9 Å². The summed E-state index contributed by atoms with van der Waals surface area (Å²) in [4.78, 5) is 5.13. The molecule has 2 aliphatic heterocycles. The molecule has 0 bridgehead atoms. The third-order valence-corrected chi connectivity index (χ3v) is 21.4. The Bertz CT molecular complexity index is 6400. The van der Waals surface area contributed by atoms with E-state index < -0.39 is 0 Å². The van der Waals surface area contributed by atoms with Gasteiger partial charge in [0.1, 0.15) is 0 Å². The highest BCUT2D eigenvalue weighted by Gasteiger charge is 2.44. The number of fused-ring (bicyclic) bond motifs is 19. The maximum atomic E-state index is 2.57. The normalized spacial score (nSPS) is 12.8. The zero-order valence-electron chi connectivity index (χ0n) is 53.0. The van der Waals surface area contributed by atoms with Crippen LogP contribution < -0.4 is 26.2 Å². The van der Waals surface area contributed by atoms with Crippen molar-refractivity contribution in [1.82, 2.24) is 22.8 Å². The zero-order valence-corrected chi connectivity index (χ0v) is 53.0. The van der Waals surface area contributed by atoms with Gasteiger partial charge in [0, 0.05) is 111 Å². The van der Waals surface area contributed by atoms with Gasteiger partial charge in [-0.05, 0) is 162 Å². The second kappa shape index (κ2) is 20.2. The Kier molecular flexibility index (Phi) is 11.0. The molecule has 0 unspecified atom stereocenters. The SMILES string of the molecule is c1ccc(N2c3cc(-n4c5ccccc5c5ccccc54)ccc3B3c4ccc(-n5c6ccc(-n7c8ccccc8c8ccccc87)cc6c6cc(-n7c8ccccc8c8ccccc87)ccc65)cc4N(c4ccccc4)c4cc(-n5c6ccccc6c6ccccc65)cc2c43)cc1. The van der Waals surface area contributed by atoms with Gasteiger partial charge in [0.2, 0.25) is 0 Å². The Balaban J connectivity index is 0.832. The predicted molar refractivity (Wildman–Crippen MR) is 412 cm³/mol. The molecule has 7 heterocycles. The van der Waals surface area contributed by atoms with Gasteiger partial charge in [-0.25, -0.2) is 0 Å². The summed E-state index contributed by atoms with van der Waals surface area (Å²) in [5.74, 6) is 0. The molecule has 98 heavy (non-hydrogen) atoms. The zero-order chi connectivity index (χ0) is 63.8. The smallest absolute Gasteiger partial charge is 0.252 e. The van der Waals surface area contributed by atoms with E-state index in [0.717, 1.165) is 84.6 Å². The van der Waals surface area contributed by atoms with Crippen LogP contribution in [-0.4, -0.2) is 29.5 Å². The van der Waals surface area contributed by atoms with E-state index in [1.165, 1.54) is 103 Å². The van der Waals surface area contributed by atoms with Gasteiger partial charge in [0.15, 0.2) is 0 Å². The molecule has 0 radical (unpaired) electrons. The first-order chi connectivity index (χ1) is 48.7. The van der Waals surface area contributed by atoms with E-state index >= 15 is 0 Å². The number of hydrogen-bond donors (Lipinski definition) is 0. The number of rotatable bonds is 7.